The molecule has 0 aliphatic rings. The molecule has 0 unspecified atom stereocenters. The van der Waals surface area contributed by atoms with Gasteiger partial charge in [-0.3, -0.25) is 4.79 Å². The molecule has 2 aromatic rings. The van der Waals surface area contributed by atoms with Gasteiger partial charge in [0.15, 0.2) is 0 Å². The van der Waals surface area contributed by atoms with Crippen molar-refractivity contribution in [2.75, 3.05) is 14.1 Å². The van der Waals surface area contributed by atoms with Gasteiger partial charge in [0.2, 0.25) is 5.91 Å². The summed E-state index contributed by atoms with van der Waals surface area (Å²) in [5, 5.41) is 10.6. The second kappa shape index (κ2) is 6.35. The van der Waals surface area contributed by atoms with Gasteiger partial charge in [-0.1, -0.05) is 60.7 Å². The van der Waals surface area contributed by atoms with E-state index in [1.807, 2.05) is 60.7 Å². The lowest BCUT2D eigenvalue weighted by molar-refractivity contribution is -0.133. The molecule has 0 spiro atoms. The van der Waals surface area contributed by atoms with Crippen molar-refractivity contribution < 1.29 is 9.90 Å². The van der Waals surface area contributed by atoms with Crippen LogP contribution in [0.15, 0.2) is 60.7 Å². The van der Waals surface area contributed by atoms with Crippen LogP contribution < -0.4 is 0 Å². The highest BCUT2D eigenvalue weighted by atomic mass is 16.3. The van der Waals surface area contributed by atoms with Crippen LogP contribution >= 0.6 is 0 Å². The number of carbonyl (C=O) groups is 1. The standard InChI is InChI=1S/C17H19NO2/c1-18(2)17(20)15(13-9-5-3-6-10-13)16(19)14-11-7-4-8-12-14/h3-12,15-16,19H,1-2H3/t15-,16+/m1/s1. The fourth-order valence-corrected chi connectivity index (χ4v) is 2.24. The number of rotatable bonds is 4. The number of amides is 1. The van der Waals surface area contributed by atoms with Crippen molar-refractivity contribution in [3.8, 4) is 0 Å². The third-order valence-corrected chi connectivity index (χ3v) is 3.32. The third kappa shape index (κ3) is 3.06. The highest BCUT2D eigenvalue weighted by molar-refractivity contribution is 5.84. The fraction of sp³-hybridized carbons (Fsp3) is 0.235. The summed E-state index contributed by atoms with van der Waals surface area (Å²) < 4.78 is 0. The number of hydrogen-bond acceptors (Lipinski definition) is 2. The second-order valence-electron chi connectivity index (χ2n) is 4.98. The topological polar surface area (TPSA) is 40.5 Å². The van der Waals surface area contributed by atoms with Gasteiger partial charge in [-0.2, -0.15) is 0 Å². The predicted molar refractivity (Wildman–Crippen MR) is 79.3 cm³/mol. The first-order valence-corrected chi connectivity index (χ1v) is 6.60. The summed E-state index contributed by atoms with van der Waals surface area (Å²) >= 11 is 0. The predicted octanol–water partition coefficient (Wildman–Crippen LogP) is 2.59. The molecule has 2 atom stereocenters. The van der Waals surface area contributed by atoms with Gasteiger partial charge in [0.25, 0.3) is 0 Å². The minimum Gasteiger partial charge on any atom is -0.387 e. The van der Waals surface area contributed by atoms with E-state index in [1.165, 1.54) is 4.90 Å². The van der Waals surface area contributed by atoms with Crippen molar-refractivity contribution in [1.82, 2.24) is 4.90 Å². The van der Waals surface area contributed by atoms with Gasteiger partial charge in [-0.05, 0) is 11.1 Å². The van der Waals surface area contributed by atoms with Crippen molar-refractivity contribution in [3.05, 3.63) is 71.8 Å². The molecule has 20 heavy (non-hydrogen) atoms. The molecule has 0 aliphatic carbocycles. The van der Waals surface area contributed by atoms with Crippen LogP contribution in [0.3, 0.4) is 0 Å². The van der Waals surface area contributed by atoms with Crippen LogP contribution in [0.5, 0.6) is 0 Å². The Morgan fingerprint density at radius 2 is 1.35 bits per heavy atom. The van der Waals surface area contributed by atoms with Crippen LogP contribution in [0.2, 0.25) is 0 Å². The van der Waals surface area contributed by atoms with Crippen molar-refractivity contribution in [2.45, 2.75) is 12.0 Å². The molecule has 0 saturated heterocycles. The van der Waals surface area contributed by atoms with E-state index in [-0.39, 0.29) is 5.91 Å². The third-order valence-electron chi connectivity index (χ3n) is 3.32. The van der Waals surface area contributed by atoms with Crippen LogP contribution in [0.1, 0.15) is 23.1 Å². The summed E-state index contributed by atoms with van der Waals surface area (Å²) in [5.74, 6) is -0.693. The Balaban J connectivity index is 2.40. The Morgan fingerprint density at radius 1 is 0.900 bits per heavy atom. The van der Waals surface area contributed by atoms with Crippen molar-refractivity contribution in [2.24, 2.45) is 0 Å². The molecular formula is C17H19NO2. The molecule has 0 radical (unpaired) electrons. The first kappa shape index (κ1) is 14.3. The molecular weight excluding hydrogens is 250 g/mol. The molecule has 0 heterocycles. The van der Waals surface area contributed by atoms with Gasteiger partial charge in [-0.25, -0.2) is 0 Å². The van der Waals surface area contributed by atoms with Crippen LogP contribution in [0.4, 0.5) is 0 Å². The maximum absolute atomic E-state index is 12.4. The van der Waals surface area contributed by atoms with Crippen molar-refractivity contribution >= 4 is 5.91 Å². The number of nitrogens with zero attached hydrogens (tertiary/aromatic N) is 1. The molecule has 2 rings (SSSR count). The first-order chi connectivity index (χ1) is 9.61. The van der Waals surface area contributed by atoms with Gasteiger partial charge in [0.05, 0.1) is 12.0 Å². The zero-order valence-corrected chi connectivity index (χ0v) is 11.7. The van der Waals surface area contributed by atoms with E-state index in [0.29, 0.717) is 0 Å². The van der Waals surface area contributed by atoms with E-state index in [1.54, 1.807) is 14.1 Å². The van der Waals surface area contributed by atoms with Gasteiger partial charge in [0, 0.05) is 14.1 Å². The molecule has 0 fully saturated rings. The van der Waals surface area contributed by atoms with Crippen molar-refractivity contribution in [1.29, 1.82) is 0 Å². The summed E-state index contributed by atoms with van der Waals surface area (Å²) in [6.07, 6.45) is -0.853. The minimum absolute atomic E-state index is 0.104. The van der Waals surface area contributed by atoms with Crippen LogP contribution in [-0.4, -0.2) is 30.0 Å². The number of carbonyl (C=O) groups excluding carboxylic acids is 1. The van der Waals surface area contributed by atoms with Gasteiger partial charge >= 0.3 is 0 Å². The van der Waals surface area contributed by atoms with E-state index in [0.717, 1.165) is 11.1 Å². The molecule has 0 aliphatic heterocycles. The highest BCUT2D eigenvalue weighted by Gasteiger charge is 2.30. The smallest absolute Gasteiger partial charge is 0.232 e. The largest absolute Gasteiger partial charge is 0.387 e. The molecule has 1 N–H and O–H groups in total. The highest BCUT2D eigenvalue weighted by Crippen LogP contribution is 2.32. The molecule has 0 saturated carbocycles. The Labute approximate surface area is 119 Å². The zero-order chi connectivity index (χ0) is 14.5. The summed E-state index contributed by atoms with van der Waals surface area (Å²) in [5.41, 5.74) is 1.57. The number of aliphatic hydroxyl groups is 1. The SMILES string of the molecule is CN(C)C(=O)[C@H](c1ccccc1)[C@@H](O)c1ccccc1. The molecule has 2 aromatic carbocycles. The average Bonchev–Trinajstić information content (AvgIpc) is 2.49. The lowest BCUT2D eigenvalue weighted by Gasteiger charge is -2.25. The van der Waals surface area contributed by atoms with E-state index < -0.39 is 12.0 Å². The zero-order valence-electron chi connectivity index (χ0n) is 11.7. The quantitative estimate of drug-likeness (QED) is 0.926. The van der Waals surface area contributed by atoms with E-state index in [9.17, 15) is 9.90 Å². The molecule has 104 valence electrons. The molecule has 1 amide bonds. The number of benzene rings is 2. The van der Waals surface area contributed by atoms with Crippen LogP contribution in [0, 0.1) is 0 Å². The molecule has 0 aromatic heterocycles. The minimum atomic E-state index is -0.853. The summed E-state index contributed by atoms with van der Waals surface area (Å²) in [6.45, 7) is 0. The van der Waals surface area contributed by atoms with Crippen LogP contribution in [-0.2, 0) is 4.79 Å². The first-order valence-electron chi connectivity index (χ1n) is 6.60. The monoisotopic (exact) mass is 269 g/mol. The molecule has 3 nitrogen and oxygen atoms in total. The van der Waals surface area contributed by atoms with Gasteiger partial charge in [-0.15, -0.1) is 0 Å². The van der Waals surface area contributed by atoms with E-state index in [4.69, 9.17) is 0 Å². The van der Waals surface area contributed by atoms with E-state index >= 15 is 0 Å². The number of aliphatic hydroxyl groups excluding tert-OH is 1. The van der Waals surface area contributed by atoms with Gasteiger partial charge < -0.3 is 10.0 Å². The van der Waals surface area contributed by atoms with Crippen LogP contribution in [0.25, 0.3) is 0 Å². The summed E-state index contributed by atoms with van der Waals surface area (Å²) in [6, 6.07) is 18.7. The molecule has 3 heteroatoms. The Bertz CT molecular complexity index is 552. The van der Waals surface area contributed by atoms with E-state index in [2.05, 4.69) is 0 Å². The lowest BCUT2D eigenvalue weighted by atomic mass is 9.88. The molecule has 0 bridgehead atoms. The maximum Gasteiger partial charge on any atom is 0.232 e. The average molecular weight is 269 g/mol. The van der Waals surface area contributed by atoms with Gasteiger partial charge in [0.1, 0.15) is 0 Å². The Morgan fingerprint density at radius 3 is 1.80 bits per heavy atom. The second-order valence-corrected chi connectivity index (χ2v) is 4.98. The summed E-state index contributed by atoms with van der Waals surface area (Å²) in [7, 11) is 3.41. The maximum atomic E-state index is 12.4. The summed E-state index contributed by atoms with van der Waals surface area (Å²) in [4.78, 5) is 13.9. The Hall–Kier alpha value is -2.13. The fourth-order valence-electron chi connectivity index (χ4n) is 2.24. The number of hydrogen-bond donors (Lipinski definition) is 1. The lowest BCUT2D eigenvalue weighted by Crippen LogP contribution is -2.31. The normalized spacial score (nSPS) is 13.6. The Kier molecular flexibility index (Phi) is 4.53. The van der Waals surface area contributed by atoms with Crippen molar-refractivity contribution in [3.63, 3.8) is 0 Å². The number of likely N-dealkylation sites (N-methyl/N-ethyl adjacent to an activating group) is 1.